The second-order valence-corrected chi connectivity index (χ2v) is 3.95. The van der Waals surface area contributed by atoms with Crippen molar-refractivity contribution in [3.8, 4) is 0 Å². The summed E-state index contributed by atoms with van der Waals surface area (Å²) in [5.41, 5.74) is -2.57. The first-order chi connectivity index (χ1) is 8.27. The van der Waals surface area contributed by atoms with Gasteiger partial charge in [-0.15, -0.1) is 12.1 Å². The van der Waals surface area contributed by atoms with Gasteiger partial charge in [-0.2, -0.15) is 0 Å². The van der Waals surface area contributed by atoms with Gasteiger partial charge in [-0.3, -0.25) is 9.36 Å². The van der Waals surface area contributed by atoms with E-state index in [1.807, 2.05) is 6.92 Å². The molecule has 1 rings (SSSR count). The van der Waals surface area contributed by atoms with E-state index in [1.165, 1.54) is 10.8 Å². The van der Waals surface area contributed by atoms with Crippen LogP contribution >= 0.6 is 0 Å². The summed E-state index contributed by atoms with van der Waals surface area (Å²) >= 11 is 0. The zero-order valence-electron chi connectivity index (χ0n) is 10.9. The van der Waals surface area contributed by atoms with E-state index >= 15 is 0 Å². The van der Waals surface area contributed by atoms with E-state index in [0.717, 1.165) is 6.07 Å². The Morgan fingerprint density at radius 1 is 1.37 bits per heavy atom. The van der Waals surface area contributed by atoms with Crippen molar-refractivity contribution in [2.24, 2.45) is 0 Å². The maximum absolute atomic E-state index is 12.4. The molecular weight excluding hydrogens is 287 g/mol. The predicted molar refractivity (Wildman–Crippen MR) is 63.5 cm³/mol. The van der Waals surface area contributed by atoms with Gasteiger partial charge in [0, 0.05) is 25.4 Å². The summed E-state index contributed by atoms with van der Waals surface area (Å²) < 4.78 is 38.9. The maximum atomic E-state index is 12.4. The molecule has 0 aliphatic heterocycles. The minimum Gasteiger partial charge on any atom is -0.445 e. The summed E-state index contributed by atoms with van der Waals surface area (Å²) in [5, 5.41) is 0. The van der Waals surface area contributed by atoms with E-state index in [2.05, 4.69) is 6.58 Å². The molecule has 1 heterocycles. The number of aromatic nitrogens is 2. The molecule has 0 bridgehead atoms. The number of nitrogens with zero attached hydrogens (tertiary/aromatic N) is 2. The molecule has 19 heavy (non-hydrogen) atoms. The van der Waals surface area contributed by atoms with E-state index < -0.39 is 30.2 Å². The second-order valence-electron chi connectivity index (χ2n) is 3.95. The molecule has 0 radical (unpaired) electrons. The zero-order chi connectivity index (χ0) is 13.9. The van der Waals surface area contributed by atoms with E-state index in [4.69, 9.17) is 0 Å². The third-order valence-corrected chi connectivity index (χ3v) is 2.43. The van der Waals surface area contributed by atoms with Crippen LogP contribution in [-0.4, -0.2) is 16.1 Å². The molecule has 0 aliphatic rings. The monoisotopic (exact) mass is 300 g/mol. The molecule has 0 fully saturated rings. The summed E-state index contributed by atoms with van der Waals surface area (Å²) in [5.74, 6) is 0. The summed E-state index contributed by atoms with van der Waals surface area (Å²) in [7, 11) is 0. The van der Waals surface area contributed by atoms with Crippen LogP contribution in [0, 0.1) is 0 Å². The predicted octanol–water partition coefficient (Wildman–Crippen LogP) is -1.63. The molecular formula is C10H13BF3KN2O2. The summed E-state index contributed by atoms with van der Waals surface area (Å²) in [6, 6.07) is 1.08. The van der Waals surface area contributed by atoms with E-state index in [-0.39, 0.29) is 51.4 Å². The zero-order valence-corrected chi connectivity index (χ0v) is 14.0. The van der Waals surface area contributed by atoms with Crippen LogP contribution in [0.15, 0.2) is 33.9 Å². The van der Waals surface area contributed by atoms with Gasteiger partial charge >= 0.3 is 64.1 Å². The number of hydrogen-bond acceptors (Lipinski definition) is 2. The van der Waals surface area contributed by atoms with Crippen LogP contribution in [0.25, 0.3) is 0 Å². The average molecular weight is 300 g/mol. The van der Waals surface area contributed by atoms with E-state index in [9.17, 15) is 22.5 Å². The van der Waals surface area contributed by atoms with Crippen LogP contribution in [0.5, 0.6) is 0 Å². The van der Waals surface area contributed by atoms with Crippen LogP contribution in [0.3, 0.4) is 0 Å². The van der Waals surface area contributed by atoms with Crippen molar-refractivity contribution in [1.82, 2.24) is 9.13 Å². The van der Waals surface area contributed by atoms with Crippen LogP contribution in [-0.2, 0) is 13.1 Å². The molecule has 1 aromatic rings. The average Bonchev–Trinajstić information content (AvgIpc) is 2.26. The Balaban J connectivity index is 0.00000324. The first-order valence-electron chi connectivity index (χ1n) is 5.45. The molecule has 0 spiro atoms. The molecule has 4 nitrogen and oxygen atoms in total. The summed E-state index contributed by atoms with van der Waals surface area (Å²) in [6.45, 7) is -1.02. The largest absolute Gasteiger partial charge is 1.00 e. The van der Waals surface area contributed by atoms with Gasteiger partial charge in [0.2, 0.25) is 0 Å². The van der Waals surface area contributed by atoms with Gasteiger partial charge in [0.25, 0.3) is 5.56 Å². The van der Waals surface area contributed by atoms with Gasteiger partial charge in [0.1, 0.15) is 0 Å². The molecule has 0 aliphatic carbocycles. The molecule has 0 amide bonds. The Bertz CT molecular complexity index is 565. The molecule has 0 saturated heterocycles. The Morgan fingerprint density at radius 2 is 1.95 bits per heavy atom. The third kappa shape index (κ3) is 5.07. The van der Waals surface area contributed by atoms with Gasteiger partial charge in [-0.25, -0.2) is 4.79 Å². The van der Waals surface area contributed by atoms with Gasteiger partial charge in [-0.05, 0) is 6.42 Å². The molecule has 9 heteroatoms. The number of rotatable bonds is 5. The number of hydrogen-bond donors (Lipinski definition) is 0. The molecule has 100 valence electrons. The van der Waals surface area contributed by atoms with Crippen LogP contribution in [0.2, 0.25) is 0 Å². The first-order valence-corrected chi connectivity index (χ1v) is 5.45. The quantitative estimate of drug-likeness (QED) is 0.613. The molecule has 0 unspecified atom stereocenters. The van der Waals surface area contributed by atoms with E-state index in [1.54, 1.807) is 0 Å². The minimum atomic E-state index is -5.25. The normalized spacial score (nSPS) is 10.9. The van der Waals surface area contributed by atoms with Crippen molar-refractivity contribution >= 4 is 6.98 Å². The molecule has 0 N–H and O–H groups in total. The van der Waals surface area contributed by atoms with Gasteiger partial charge in [0.15, 0.2) is 0 Å². The number of allylic oxidation sites excluding steroid dienone is 1. The van der Waals surface area contributed by atoms with Crippen molar-refractivity contribution in [2.75, 3.05) is 0 Å². The topological polar surface area (TPSA) is 44.0 Å². The fourth-order valence-electron chi connectivity index (χ4n) is 1.42. The van der Waals surface area contributed by atoms with E-state index in [0.29, 0.717) is 17.5 Å². The Hall–Kier alpha value is -0.0887. The van der Waals surface area contributed by atoms with Gasteiger partial charge in [-0.1, -0.05) is 6.92 Å². The Morgan fingerprint density at radius 3 is 2.42 bits per heavy atom. The van der Waals surface area contributed by atoms with Crippen molar-refractivity contribution < 1.29 is 64.3 Å². The number of aryl methyl sites for hydroxylation is 1. The van der Waals surface area contributed by atoms with Crippen LogP contribution < -0.4 is 62.6 Å². The van der Waals surface area contributed by atoms with Gasteiger partial charge in [0.05, 0.1) is 0 Å². The smallest absolute Gasteiger partial charge is 0.445 e. The van der Waals surface area contributed by atoms with Crippen LogP contribution in [0.1, 0.15) is 13.3 Å². The number of halogens is 3. The maximum Gasteiger partial charge on any atom is 1.00 e. The summed E-state index contributed by atoms with van der Waals surface area (Å²) in [4.78, 5) is 23.2. The van der Waals surface area contributed by atoms with Crippen molar-refractivity contribution in [3.63, 3.8) is 0 Å². The minimum absolute atomic E-state index is 0. The standard InChI is InChI=1S/C10H13BF3N2O2.K/c1-3-5-15-6-4-9(17)16(10(15)18)7-8(2)11(12,13)14;/h4,6H,2-3,5,7H2,1H3;/q-1;+1. The van der Waals surface area contributed by atoms with Crippen molar-refractivity contribution in [3.05, 3.63) is 45.2 Å². The molecule has 1 aromatic heterocycles. The van der Waals surface area contributed by atoms with Crippen molar-refractivity contribution in [1.29, 1.82) is 0 Å². The summed E-state index contributed by atoms with van der Waals surface area (Å²) in [6.07, 6.45) is 1.93. The van der Waals surface area contributed by atoms with Crippen LogP contribution in [0.4, 0.5) is 12.9 Å². The fraction of sp³-hybridized carbons (Fsp3) is 0.400. The Kier molecular flexibility index (Phi) is 7.59. The van der Waals surface area contributed by atoms with Crippen molar-refractivity contribution in [2.45, 2.75) is 26.4 Å². The van der Waals surface area contributed by atoms with Gasteiger partial charge < -0.3 is 17.5 Å². The molecule has 0 saturated carbocycles. The molecule has 0 atom stereocenters. The SMILES string of the molecule is C=C(Cn1c(=O)ccn(CCC)c1=O)[B-](F)(F)F.[K+]. The fourth-order valence-corrected chi connectivity index (χ4v) is 1.42. The first kappa shape index (κ1) is 18.9. The third-order valence-electron chi connectivity index (χ3n) is 2.43. The second kappa shape index (κ2) is 7.63. The Labute approximate surface area is 150 Å². The molecule has 0 aromatic carbocycles.